The van der Waals surface area contributed by atoms with Crippen LogP contribution in [0.25, 0.3) is 10.8 Å². The molecule has 0 aliphatic carbocycles. The number of hydrogen-bond acceptors (Lipinski definition) is 6. The van der Waals surface area contributed by atoms with E-state index >= 15 is 0 Å². The number of methoxy groups -OCH3 is 1. The van der Waals surface area contributed by atoms with Crippen LogP contribution in [0, 0.1) is 0 Å². The lowest BCUT2D eigenvalue weighted by Gasteiger charge is -2.26. The summed E-state index contributed by atoms with van der Waals surface area (Å²) in [7, 11) is 1.64. The third kappa shape index (κ3) is 4.69. The first-order valence-corrected chi connectivity index (χ1v) is 10.1. The highest BCUT2D eigenvalue weighted by Gasteiger charge is 2.15. The Labute approximate surface area is 176 Å². The molecule has 7 heteroatoms. The second-order valence-corrected chi connectivity index (χ2v) is 7.13. The van der Waals surface area contributed by atoms with Crippen molar-refractivity contribution in [2.45, 2.75) is 0 Å². The maximum Gasteiger partial charge on any atom is 0.253 e. The van der Waals surface area contributed by atoms with E-state index in [-0.39, 0.29) is 5.91 Å². The molecule has 2 N–H and O–H groups in total. The van der Waals surface area contributed by atoms with Crippen molar-refractivity contribution in [2.75, 3.05) is 51.8 Å². The first-order chi connectivity index (χ1) is 14.7. The van der Waals surface area contributed by atoms with Gasteiger partial charge in [-0.15, -0.1) is 0 Å². The Bertz CT molecular complexity index is 1000. The van der Waals surface area contributed by atoms with Crippen molar-refractivity contribution >= 4 is 28.2 Å². The van der Waals surface area contributed by atoms with Crippen LogP contribution in [0.3, 0.4) is 0 Å². The molecule has 7 nitrogen and oxygen atoms in total. The molecule has 0 spiro atoms. The summed E-state index contributed by atoms with van der Waals surface area (Å²) in [5, 5.41) is 8.12. The minimum atomic E-state index is -0.108. The number of aromatic nitrogens is 1. The van der Waals surface area contributed by atoms with Crippen molar-refractivity contribution in [3.63, 3.8) is 0 Å². The van der Waals surface area contributed by atoms with Gasteiger partial charge in [0, 0.05) is 43.4 Å². The second-order valence-electron chi connectivity index (χ2n) is 7.13. The summed E-state index contributed by atoms with van der Waals surface area (Å²) in [6, 6.07) is 15.4. The zero-order valence-corrected chi connectivity index (χ0v) is 17.1. The number of amides is 1. The highest BCUT2D eigenvalue weighted by Crippen LogP contribution is 2.27. The largest absolute Gasteiger partial charge is 0.497 e. The lowest BCUT2D eigenvalue weighted by atomic mass is 10.1. The summed E-state index contributed by atoms with van der Waals surface area (Å²) in [5.41, 5.74) is 1.48. The Morgan fingerprint density at radius 2 is 1.83 bits per heavy atom. The monoisotopic (exact) mass is 406 g/mol. The molecule has 0 bridgehead atoms. The Balaban J connectivity index is 1.49. The van der Waals surface area contributed by atoms with E-state index in [0.29, 0.717) is 17.9 Å². The number of morpholine rings is 1. The summed E-state index contributed by atoms with van der Waals surface area (Å²) in [6.45, 7) is 4.74. The average molecular weight is 406 g/mol. The molecule has 3 aromatic rings. The van der Waals surface area contributed by atoms with Crippen LogP contribution in [0.1, 0.15) is 10.4 Å². The highest BCUT2D eigenvalue weighted by atomic mass is 16.5. The van der Waals surface area contributed by atoms with Gasteiger partial charge in [-0.2, -0.15) is 0 Å². The fourth-order valence-electron chi connectivity index (χ4n) is 3.53. The maximum atomic E-state index is 12.8. The van der Waals surface area contributed by atoms with Gasteiger partial charge < -0.3 is 20.1 Å². The molecule has 1 aliphatic rings. The third-order valence-electron chi connectivity index (χ3n) is 5.21. The maximum absolute atomic E-state index is 12.8. The van der Waals surface area contributed by atoms with Gasteiger partial charge in [0.2, 0.25) is 0 Å². The van der Waals surface area contributed by atoms with Crippen LogP contribution in [0.5, 0.6) is 5.75 Å². The first kappa shape index (κ1) is 20.1. The van der Waals surface area contributed by atoms with Gasteiger partial charge in [0.05, 0.1) is 25.9 Å². The second kappa shape index (κ2) is 9.56. The minimum absolute atomic E-state index is 0.108. The number of nitrogens with one attached hydrogen (secondary N) is 2. The quantitative estimate of drug-likeness (QED) is 0.628. The number of ether oxygens (including phenoxy) is 2. The van der Waals surface area contributed by atoms with Crippen LogP contribution in [-0.2, 0) is 4.74 Å². The normalized spacial score (nSPS) is 14.4. The van der Waals surface area contributed by atoms with E-state index in [4.69, 9.17) is 9.47 Å². The molecule has 4 rings (SSSR count). The number of nitrogens with zero attached hydrogens (tertiary/aromatic N) is 2. The molecule has 30 heavy (non-hydrogen) atoms. The molecule has 0 radical (unpaired) electrons. The van der Waals surface area contributed by atoms with Gasteiger partial charge in [-0.05, 0) is 29.7 Å². The number of anilines is 2. The van der Waals surface area contributed by atoms with Crippen LogP contribution in [0.4, 0.5) is 11.5 Å². The molecule has 1 aliphatic heterocycles. The standard InChI is InChI=1S/C23H26N4O3/c1-29-18-8-6-17(7-9-18)26-22-20-5-3-2-4-19(20)21(16-25-22)23(28)24-10-11-27-12-14-30-15-13-27/h2-9,16H,10-15H2,1H3,(H,24,28)(H,25,26). The molecule has 1 aromatic heterocycles. The van der Waals surface area contributed by atoms with E-state index in [9.17, 15) is 4.79 Å². The van der Waals surface area contributed by atoms with Crippen molar-refractivity contribution in [1.82, 2.24) is 15.2 Å². The number of carbonyl (C=O) groups is 1. The van der Waals surface area contributed by atoms with E-state index in [1.165, 1.54) is 0 Å². The number of carbonyl (C=O) groups excluding carboxylic acids is 1. The summed E-state index contributed by atoms with van der Waals surface area (Å²) in [5.74, 6) is 1.39. The average Bonchev–Trinajstić information content (AvgIpc) is 2.80. The molecule has 156 valence electrons. The summed E-state index contributed by atoms with van der Waals surface area (Å²) < 4.78 is 10.6. The molecule has 2 heterocycles. The highest BCUT2D eigenvalue weighted by molar-refractivity contribution is 6.09. The summed E-state index contributed by atoms with van der Waals surface area (Å²) >= 11 is 0. The van der Waals surface area contributed by atoms with Gasteiger partial charge in [0.25, 0.3) is 5.91 Å². The van der Waals surface area contributed by atoms with Crippen molar-refractivity contribution < 1.29 is 14.3 Å². The lowest BCUT2D eigenvalue weighted by molar-refractivity contribution is 0.0383. The van der Waals surface area contributed by atoms with E-state index in [0.717, 1.165) is 55.1 Å². The van der Waals surface area contributed by atoms with Gasteiger partial charge >= 0.3 is 0 Å². The first-order valence-electron chi connectivity index (χ1n) is 10.1. The molecule has 0 unspecified atom stereocenters. The van der Waals surface area contributed by atoms with E-state index < -0.39 is 0 Å². The molecular formula is C23H26N4O3. The van der Waals surface area contributed by atoms with E-state index in [2.05, 4.69) is 20.5 Å². The van der Waals surface area contributed by atoms with Crippen LogP contribution in [0.2, 0.25) is 0 Å². The third-order valence-corrected chi connectivity index (χ3v) is 5.21. The van der Waals surface area contributed by atoms with E-state index in [1.807, 2.05) is 48.5 Å². The molecule has 1 amide bonds. The number of fused-ring (bicyclic) bond motifs is 1. The van der Waals surface area contributed by atoms with Crippen molar-refractivity contribution in [3.05, 3.63) is 60.3 Å². The summed E-state index contributed by atoms with van der Waals surface area (Å²) in [4.78, 5) is 19.6. The number of benzene rings is 2. The van der Waals surface area contributed by atoms with Crippen LogP contribution in [0.15, 0.2) is 54.7 Å². The molecule has 0 saturated carbocycles. The lowest BCUT2D eigenvalue weighted by Crippen LogP contribution is -2.41. The molecule has 1 fully saturated rings. The Hall–Kier alpha value is -3.16. The molecule has 0 atom stereocenters. The zero-order chi connectivity index (χ0) is 20.8. The van der Waals surface area contributed by atoms with Crippen LogP contribution in [-0.4, -0.2) is 62.3 Å². The van der Waals surface area contributed by atoms with Gasteiger partial charge in [-0.3, -0.25) is 9.69 Å². The number of hydrogen-bond donors (Lipinski definition) is 2. The molecule has 2 aromatic carbocycles. The Kier molecular flexibility index (Phi) is 6.41. The van der Waals surface area contributed by atoms with Crippen molar-refractivity contribution in [2.24, 2.45) is 0 Å². The molecular weight excluding hydrogens is 380 g/mol. The SMILES string of the molecule is COc1ccc(Nc2ncc(C(=O)NCCN3CCOCC3)c3ccccc23)cc1. The van der Waals surface area contributed by atoms with E-state index in [1.54, 1.807) is 13.3 Å². The van der Waals surface area contributed by atoms with Gasteiger partial charge in [-0.25, -0.2) is 4.98 Å². The van der Waals surface area contributed by atoms with Crippen LogP contribution < -0.4 is 15.4 Å². The van der Waals surface area contributed by atoms with Crippen molar-refractivity contribution in [1.29, 1.82) is 0 Å². The number of pyridine rings is 1. The fraction of sp³-hybridized carbons (Fsp3) is 0.304. The van der Waals surface area contributed by atoms with Gasteiger partial charge in [0.15, 0.2) is 0 Å². The topological polar surface area (TPSA) is 75.7 Å². The predicted octanol–water partition coefficient (Wildman–Crippen LogP) is 3.05. The fourth-order valence-corrected chi connectivity index (χ4v) is 3.53. The molecule has 1 saturated heterocycles. The summed E-state index contributed by atoms with van der Waals surface area (Å²) in [6.07, 6.45) is 1.64. The number of rotatable bonds is 7. The van der Waals surface area contributed by atoms with Gasteiger partial charge in [-0.1, -0.05) is 24.3 Å². The van der Waals surface area contributed by atoms with Crippen LogP contribution >= 0.6 is 0 Å². The minimum Gasteiger partial charge on any atom is -0.497 e. The predicted molar refractivity (Wildman–Crippen MR) is 118 cm³/mol. The Morgan fingerprint density at radius 1 is 1.10 bits per heavy atom. The smallest absolute Gasteiger partial charge is 0.253 e. The van der Waals surface area contributed by atoms with Gasteiger partial charge in [0.1, 0.15) is 11.6 Å². The Morgan fingerprint density at radius 3 is 2.57 bits per heavy atom. The van der Waals surface area contributed by atoms with Crippen molar-refractivity contribution in [3.8, 4) is 5.75 Å². The zero-order valence-electron chi connectivity index (χ0n) is 17.1.